The maximum absolute atomic E-state index is 8.76. The van der Waals surface area contributed by atoms with Crippen LogP contribution in [0.15, 0.2) is 18.3 Å². The molecule has 1 heterocycles. The molecule has 3 rings (SSSR count). The highest BCUT2D eigenvalue weighted by atomic mass is 16.5. The van der Waals surface area contributed by atoms with Gasteiger partial charge in [0.1, 0.15) is 23.6 Å². The number of aromatic nitrogens is 1. The van der Waals surface area contributed by atoms with E-state index in [-0.39, 0.29) is 0 Å². The summed E-state index contributed by atoms with van der Waals surface area (Å²) in [4.78, 5) is 3.94. The number of hydrogen-bond acceptors (Lipinski definition) is 3. The quantitative estimate of drug-likeness (QED) is 0.760. The molecule has 1 aromatic heterocycles. The first-order valence-corrected chi connectivity index (χ1v) is 5.88. The Bertz CT molecular complexity index is 438. The van der Waals surface area contributed by atoms with Gasteiger partial charge in [-0.15, -0.1) is 0 Å². The summed E-state index contributed by atoms with van der Waals surface area (Å²) < 4.78 is 5.96. The van der Waals surface area contributed by atoms with Crippen molar-refractivity contribution in [1.29, 1.82) is 5.26 Å². The normalized spacial score (nSPS) is 31.3. The summed E-state index contributed by atoms with van der Waals surface area (Å²) in [5.74, 6) is 2.42. The third-order valence-corrected chi connectivity index (χ3v) is 3.81. The van der Waals surface area contributed by atoms with Gasteiger partial charge in [0.2, 0.25) is 0 Å². The number of nitrogens with zero attached hydrogens (tertiary/aromatic N) is 2. The molecule has 0 aliphatic heterocycles. The van der Waals surface area contributed by atoms with Crippen molar-refractivity contribution in [3.8, 4) is 11.8 Å². The Kier molecular flexibility index (Phi) is 2.28. The summed E-state index contributed by atoms with van der Waals surface area (Å²) in [6, 6.07) is 5.60. The Labute approximate surface area is 95.1 Å². The Morgan fingerprint density at radius 2 is 2.31 bits per heavy atom. The third kappa shape index (κ3) is 1.65. The Balaban J connectivity index is 1.72. The standard InChI is InChI=1S/C13H14N2O/c14-8-11-7-12(3-4-15-11)16-13-6-9-1-2-10(13)5-9/h3-4,7,9-10,13H,1-2,5-6H2/t9-,10+,13?/m0/s1. The van der Waals surface area contributed by atoms with Crippen LogP contribution in [-0.2, 0) is 0 Å². The maximum atomic E-state index is 8.76. The molecular weight excluding hydrogens is 200 g/mol. The molecule has 0 spiro atoms. The van der Waals surface area contributed by atoms with Crippen LogP contribution in [0.4, 0.5) is 0 Å². The van der Waals surface area contributed by atoms with Gasteiger partial charge in [-0.3, -0.25) is 0 Å². The second-order valence-corrected chi connectivity index (χ2v) is 4.82. The molecule has 0 N–H and O–H groups in total. The zero-order chi connectivity index (χ0) is 11.0. The predicted molar refractivity (Wildman–Crippen MR) is 58.8 cm³/mol. The molecule has 82 valence electrons. The van der Waals surface area contributed by atoms with Crippen LogP contribution < -0.4 is 4.74 Å². The van der Waals surface area contributed by atoms with E-state index in [1.165, 1.54) is 25.7 Å². The molecule has 2 aliphatic rings. The van der Waals surface area contributed by atoms with Gasteiger partial charge in [-0.2, -0.15) is 5.26 Å². The van der Waals surface area contributed by atoms with Crippen molar-refractivity contribution >= 4 is 0 Å². The average Bonchev–Trinajstić information content (AvgIpc) is 2.91. The van der Waals surface area contributed by atoms with Crippen LogP contribution in [0.2, 0.25) is 0 Å². The van der Waals surface area contributed by atoms with E-state index in [1.54, 1.807) is 12.3 Å². The van der Waals surface area contributed by atoms with E-state index >= 15 is 0 Å². The first-order chi connectivity index (χ1) is 7.85. The summed E-state index contributed by atoms with van der Waals surface area (Å²) in [6.07, 6.45) is 7.22. The lowest BCUT2D eigenvalue weighted by Gasteiger charge is -2.22. The number of pyridine rings is 1. The zero-order valence-electron chi connectivity index (χ0n) is 9.10. The summed E-state index contributed by atoms with van der Waals surface area (Å²) in [5, 5.41) is 8.76. The monoisotopic (exact) mass is 214 g/mol. The molecule has 0 radical (unpaired) electrons. The molecule has 3 atom stereocenters. The van der Waals surface area contributed by atoms with Crippen molar-refractivity contribution in [3.05, 3.63) is 24.0 Å². The molecule has 2 bridgehead atoms. The molecule has 2 saturated carbocycles. The SMILES string of the molecule is N#Cc1cc(OC2C[C@H]3CC[C@@H]2C3)ccn1. The summed E-state index contributed by atoms with van der Waals surface area (Å²) in [6.45, 7) is 0. The highest BCUT2D eigenvalue weighted by molar-refractivity contribution is 5.30. The molecule has 3 heteroatoms. The van der Waals surface area contributed by atoms with Gasteiger partial charge in [0.25, 0.3) is 0 Å². The Morgan fingerprint density at radius 3 is 3.00 bits per heavy atom. The van der Waals surface area contributed by atoms with E-state index in [9.17, 15) is 0 Å². The lowest BCUT2D eigenvalue weighted by molar-refractivity contribution is 0.138. The second kappa shape index (κ2) is 3.79. The van der Waals surface area contributed by atoms with Gasteiger partial charge < -0.3 is 4.74 Å². The van der Waals surface area contributed by atoms with Crippen LogP contribution in [0.25, 0.3) is 0 Å². The van der Waals surface area contributed by atoms with Crippen molar-refractivity contribution in [2.24, 2.45) is 11.8 Å². The number of hydrogen-bond donors (Lipinski definition) is 0. The van der Waals surface area contributed by atoms with Gasteiger partial charge in [0, 0.05) is 12.3 Å². The van der Waals surface area contributed by atoms with Crippen molar-refractivity contribution in [2.45, 2.75) is 31.8 Å². The smallest absolute Gasteiger partial charge is 0.144 e. The van der Waals surface area contributed by atoms with Crippen LogP contribution in [-0.4, -0.2) is 11.1 Å². The molecule has 3 nitrogen and oxygen atoms in total. The molecule has 2 aliphatic carbocycles. The fourth-order valence-corrected chi connectivity index (χ4v) is 3.05. The van der Waals surface area contributed by atoms with E-state index in [1.807, 2.05) is 12.1 Å². The molecule has 1 aromatic rings. The minimum atomic E-state index is 0.368. The average molecular weight is 214 g/mol. The lowest BCUT2D eigenvalue weighted by Crippen LogP contribution is -2.23. The van der Waals surface area contributed by atoms with E-state index < -0.39 is 0 Å². The number of fused-ring (bicyclic) bond motifs is 2. The van der Waals surface area contributed by atoms with Gasteiger partial charge in [-0.1, -0.05) is 0 Å². The molecule has 1 unspecified atom stereocenters. The second-order valence-electron chi connectivity index (χ2n) is 4.82. The van der Waals surface area contributed by atoms with Crippen LogP contribution in [0, 0.1) is 23.2 Å². The largest absolute Gasteiger partial charge is 0.490 e. The molecular formula is C13H14N2O. The number of nitriles is 1. The summed E-state index contributed by atoms with van der Waals surface area (Å²) in [7, 11) is 0. The Hall–Kier alpha value is -1.56. The highest BCUT2D eigenvalue weighted by Gasteiger charge is 2.40. The molecule has 0 amide bonds. The first-order valence-electron chi connectivity index (χ1n) is 5.88. The molecule has 16 heavy (non-hydrogen) atoms. The van der Waals surface area contributed by atoms with Crippen molar-refractivity contribution in [2.75, 3.05) is 0 Å². The number of rotatable bonds is 2. The topological polar surface area (TPSA) is 45.9 Å². The van der Waals surface area contributed by atoms with Gasteiger partial charge in [0.05, 0.1) is 0 Å². The van der Waals surface area contributed by atoms with Gasteiger partial charge >= 0.3 is 0 Å². The zero-order valence-corrected chi connectivity index (χ0v) is 9.10. The third-order valence-electron chi connectivity index (χ3n) is 3.81. The van der Waals surface area contributed by atoms with Gasteiger partial charge in [-0.25, -0.2) is 4.98 Å². The van der Waals surface area contributed by atoms with Gasteiger partial charge in [-0.05, 0) is 43.6 Å². The van der Waals surface area contributed by atoms with Crippen LogP contribution in [0.3, 0.4) is 0 Å². The predicted octanol–water partition coefficient (Wildman–Crippen LogP) is 2.52. The summed E-state index contributed by atoms with van der Waals surface area (Å²) in [5.41, 5.74) is 0.431. The Morgan fingerprint density at radius 1 is 1.38 bits per heavy atom. The van der Waals surface area contributed by atoms with Crippen LogP contribution >= 0.6 is 0 Å². The molecule has 0 saturated heterocycles. The van der Waals surface area contributed by atoms with Crippen molar-refractivity contribution in [3.63, 3.8) is 0 Å². The van der Waals surface area contributed by atoms with Crippen molar-refractivity contribution < 1.29 is 4.74 Å². The summed E-state index contributed by atoms with van der Waals surface area (Å²) >= 11 is 0. The first kappa shape index (κ1) is 9.65. The maximum Gasteiger partial charge on any atom is 0.144 e. The van der Waals surface area contributed by atoms with Gasteiger partial charge in [0.15, 0.2) is 0 Å². The molecule has 0 aromatic carbocycles. The van der Waals surface area contributed by atoms with E-state index in [0.717, 1.165) is 17.6 Å². The van der Waals surface area contributed by atoms with Crippen LogP contribution in [0.5, 0.6) is 5.75 Å². The van der Waals surface area contributed by atoms with Crippen molar-refractivity contribution in [1.82, 2.24) is 4.98 Å². The fourth-order valence-electron chi connectivity index (χ4n) is 3.05. The lowest BCUT2D eigenvalue weighted by atomic mass is 9.98. The van der Waals surface area contributed by atoms with E-state index in [2.05, 4.69) is 4.98 Å². The molecule has 2 fully saturated rings. The highest BCUT2D eigenvalue weighted by Crippen LogP contribution is 2.45. The minimum absolute atomic E-state index is 0.368. The van der Waals surface area contributed by atoms with E-state index in [4.69, 9.17) is 10.00 Å². The van der Waals surface area contributed by atoms with Crippen LogP contribution in [0.1, 0.15) is 31.4 Å². The van der Waals surface area contributed by atoms with E-state index in [0.29, 0.717) is 11.8 Å². The minimum Gasteiger partial charge on any atom is -0.490 e. The number of ether oxygens (including phenoxy) is 1. The fraction of sp³-hybridized carbons (Fsp3) is 0.538.